The summed E-state index contributed by atoms with van der Waals surface area (Å²) < 4.78 is 28.0. The summed E-state index contributed by atoms with van der Waals surface area (Å²) >= 11 is 0. The van der Waals surface area contributed by atoms with Gasteiger partial charge in [-0.2, -0.15) is 5.10 Å². The van der Waals surface area contributed by atoms with Crippen LogP contribution in [0, 0.1) is 0 Å². The highest BCUT2D eigenvalue weighted by atomic mass is 32.2. The molecular weight excluding hydrogens is 328 g/mol. The van der Waals surface area contributed by atoms with Crippen molar-refractivity contribution in [3.8, 4) is 0 Å². The molecule has 0 aliphatic rings. The molecule has 1 N–H and O–H groups in total. The Morgan fingerprint density at radius 1 is 1.12 bits per heavy atom. The predicted molar refractivity (Wildman–Crippen MR) is 89.3 cm³/mol. The van der Waals surface area contributed by atoms with E-state index in [-0.39, 0.29) is 23.0 Å². The molecule has 1 aromatic carbocycles. The molecule has 3 rings (SSSR count). The second-order valence-electron chi connectivity index (χ2n) is 5.36. The zero-order valence-corrected chi connectivity index (χ0v) is 13.8. The van der Waals surface area contributed by atoms with E-state index >= 15 is 0 Å². The number of imidazole rings is 1. The summed E-state index contributed by atoms with van der Waals surface area (Å²) in [6.07, 6.45) is 5.38. The van der Waals surface area contributed by atoms with E-state index in [0.717, 1.165) is 5.65 Å². The monoisotopic (exact) mass is 346 g/mol. The van der Waals surface area contributed by atoms with Crippen molar-refractivity contribution in [2.45, 2.75) is 17.9 Å². The van der Waals surface area contributed by atoms with Crippen LogP contribution in [0.15, 0.2) is 59.9 Å². The summed E-state index contributed by atoms with van der Waals surface area (Å²) in [7, 11) is -3.42. The molecule has 0 atom stereocenters. The van der Waals surface area contributed by atoms with E-state index < -0.39 is 9.84 Å². The third-order valence-corrected chi connectivity index (χ3v) is 5.44. The van der Waals surface area contributed by atoms with Gasteiger partial charge in [0.15, 0.2) is 9.84 Å². The Bertz CT molecular complexity index is 929. The normalized spacial score (nSPS) is 11.7. The minimum absolute atomic E-state index is 0.0506. The van der Waals surface area contributed by atoms with Crippen LogP contribution in [0.3, 0.4) is 0 Å². The molecule has 0 radical (unpaired) electrons. The zero-order chi connectivity index (χ0) is 17.0. The molecule has 8 heteroatoms. The summed E-state index contributed by atoms with van der Waals surface area (Å²) in [4.78, 5) is 12.1. The number of carbonyl (C=O) groups is 1. The van der Waals surface area contributed by atoms with Crippen molar-refractivity contribution in [3.63, 3.8) is 0 Å². The standard InChI is InChI=1S/C16H18N4O3S/c21-15(7-13-24(22,23)14-4-2-1-3-5-14)17-9-10-19-11-12-20-16(19)6-8-18-20/h1-6,8,11-12H,7,9-10,13H2,(H,17,21). The number of nitrogens with zero attached hydrogens (tertiary/aromatic N) is 3. The average Bonchev–Trinajstić information content (AvgIpc) is 3.19. The van der Waals surface area contributed by atoms with Crippen molar-refractivity contribution in [3.05, 3.63) is 55.0 Å². The molecule has 1 amide bonds. The Balaban J connectivity index is 1.47. The first-order chi connectivity index (χ1) is 11.6. The van der Waals surface area contributed by atoms with Crippen molar-refractivity contribution in [2.24, 2.45) is 0 Å². The van der Waals surface area contributed by atoms with Crippen LogP contribution in [0.25, 0.3) is 5.65 Å². The van der Waals surface area contributed by atoms with Crippen LogP contribution in [0.1, 0.15) is 6.42 Å². The maximum atomic E-state index is 12.1. The molecule has 126 valence electrons. The largest absolute Gasteiger partial charge is 0.354 e. The van der Waals surface area contributed by atoms with Crippen LogP contribution in [0.2, 0.25) is 0 Å². The van der Waals surface area contributed by atoms with E-state index in [1.54, 1.807) is 28.9 Å². The number of amides is 1. The Labute approximate surface area is 139 Å². The van der Waals surface area contributed by atoms with E-state index in [2.05, 4.69) is 10.4 Å². The molecule has 2 aromatic heterocycles. The summed E-state index contributed by atoms with van der Waals surface area (Å²) in [5.74, 6) is -0.467. The number of sulfone groups is 1. The number of benzene rings is 1. The van der Waals surface area contributed by atoms with Gasteiger partial charge in [-0.15, -0.1) is 0 Å². The summed E-state index contributed by atoms with van der Waals surface area (Å²) in [6.45, 7) is 1.03. The minimum atomic E-state index is -3.42. The van der Waals surface area contributed by atoms with Gasteiger partial charge >= 0.3 is 0 Å². The van der Waals surface area contributed by atoms with Gasteiger partial charge in [-0.05, 0) is 12.1 Å². The molecule has 7 nitrogen and oxygen atoms in total. The first-order valence-corrected chi connectivity index (χ1v) is 9.24. The van der Waals surface area contributed by atoms with Gasteiger partial charge in [-0.25, -0.2) is 12.9 Å². The van der Waals surface area contributed by atoms with E-state index in [9.17, 15) is 13.2 Å². The van der Waals surface area contributed by atoms with Crippen molar-refractivity contribution < 1.29 is 13.2 Å². The van der Waals surface area contributed by atoms with E-state index in [0.29, 0.717) is 13.1 Å². The van der Waals surface area contributed by atoms with E-state index in [1.807, 2.05) is 23.0 Å². The molecule has 24 heavy (non-hydrogen) atoms. The highest BCUT2D eigenvalue weighted by molar-refractivity contribution is 7.91. The second kappa shape index (κ2) is 6.88. The zero-order valence-electron chi connectivity index (χ0n) is 13.0. The number of aromatic nitrogens is 3. The number of carbonyl (C=O) groups excluding carboxylic acids is 1. The molecule has 0 unspecified atom stereocenters. The number of fused-ring (bicyclic) bond motifs is 1. The lowest BCUT2D eigenvalue weighted by atomic mass is 10.4. The lowest BCUT2D eigenvalue weighted by molar-refractivity contribution is -0.120. The highest BCUT2D eigenvalue weighted by Crippen LogP contribution is 2.11. The molecule has 0 saturated heterocycles. The SMILES string of the molecule is O=C(CCS(=O)(=O)c1ccccc1)NCCn1ccn2nccc12. The first kappa shape index (κ1) is 16.3. The topological polar surface area (TPSA) is 85.5 Å². The van der Waals surface area contributed by atoms with Crippen LogP contribution < -0.4 is 5.32 Å². The molecule has 0 spiro atoms. The fraction of sp³-hybridized carbons (Fsp3) is 0.250. The molecule has 0 fully saturated rings. The van der Waals surface area contributed by atoms with Gasteiger partial charge in [0.1, 0.15) is 5.65 Å². The number of hydrogen-bond donors (Lipinski definition) is 1. The molecule has 2 heterocycles. The second-order valence-corrected chi connectivity index (χ2v) is 7.47. The fourth-order valence-electron chi connectivity index (χ4n) is 2.44. The van der Waals surface area contributed by atoms with Gasteiger partial charge in [-0.1, -0.05) is 18.2 Å². The van der Waals surface area contributed by atoms with Crippen LogP contribution >= 0.6 is 0 Å². The van der Waals surface area contributed by atoms with Crippen LogP contribution in [0.4, 0.5) is 0 Å². The maximum Gasteiger partial charge on any atom is 0.221 e. The Morgan fingerprint density at radius 3 is 2.71 bits per heavy atom. The molecule has 0 aliphatic heterocycles. The van der Waals surface area contributed by atoms with Crippen LogP contribution in [0.5, 0.6) is 0 Å². The summed E-state index contributed by atoms with van der Waals surface area (Å²) in [5.41, 5.74) is 0.941. The molecule has 0 aliphatic carbocycles. The van der Waals surface area contributed by atoms with E-state index in [4.69, 9.17) is 0 Å². The van der Waals surface area contributed by atoms with Gasteiger partial charge in [-0.3, -0.25) is 4.79 Å². The molecule has 0 bridgehead atoms. The van der Waals surface area contributed by atoms with E-state index in [1.165, 1.54) is 12.1 Å². The van der Waals surface area contributed by atoms with Gasteiger partial charge in [0.2, 0.25) is 5.91 Å². The lowest BCUT2D eigenvalue weighted by Gasteiger charge is -2.07. The highest BCUT2D eigenvalue weighted by Gasteiger charge is 2.15. The first-order valence-electron chi connectivity index (χ1n) is 7.59. The fourth-order valence-corrected chi connectivity index (χ4v) is 3.70. The Kier molecular flexibility index (Phi) is 4.66. The van der Waals surface area contributed by atoms with Gasteiger partial charge in [0.05, 0.1) is 16.8 Å². The molecule has 3 aromatic rings. The van der Waals surface area contributed by atoms with Crippen molar-refractivity contribution >= 4 is 21.4 Å². The quantitative estimate of drug-likeness (QED) is 0.694. The van der Waals surface area contributed by atoms with Gasteiger partial charge < -0.3 is 9.88 Å². The van der Waals surface area contributed by atoms with Crippen molar-refractivity contribution in [1.29, 1.82) is 0 Å². The third kappa shape index (κ3) is 3.65. The minimum Gasteiger partial charge on any atom is -0.354 e. The van der Waals surface area contributed by atoms with Crippen molar-refractivity contribution in [1.82, 2.24) is 19.5 Å². The average molecular weight is 346 g/mol. The maximum absolute atomic E-state index is 12.1. The Hall–Kier alpha value is -2.61. The van der Waals surface area contributed by atoms with Gasteiger partial charge in [0, 0.05) is 38.0 Å². The lowest BCUT2D eigenvalue weighted by Crippen LogP contribution is -2.28. The Morgan fingerprint density at radius 2 is 1.92 bits per heavy atom. The van der Waals surface area contributed by atoms with Crippen LogP contribution in [-0.4, -0.2) is 40.8 Å². The number of rotatable bonds is 7. The summed E-state index contributed by atoms with van der Waals surface area (Å²) in [6, 6.07) is 10.0. The van der Waals surface area contributed by atoms with Gasteiger partial charge in [0.25, 0.3) is 0 Å². The van der Waals surface area contributed by atoms with Crippen molar-refractivity contribution in [2.75, 3.05) is 12.3 Å². The third-order valence-electron chi connectivity index (χ3n) is 3.71. The summed E-state index contributed by atoms with van der Waals surface area (Å²) in [5, 5.41) is 6.86. The number of hydrogen-bond acceptors (Lipinski definition) is 4. The number of nitrogens with one attached hydrogen (secondary N) is 1. The molecule has 0 saturated carbocycles. The van der Waals surface area contributed by atoms with Crippen LogP contribution in [-0.2, 0) is 21.2 Å². The predicted octanol–water partition coefficient (Wildman–Crippen LogP) is 1.12. The smallest absolute Gasteiger partial charge is 0.221 e. The molecular formula is C16H18N4O3S.